The van der Waals surface area contributed by atoms with Crippen molar-refractivity contribution < 1.29 is 64.6 Å². The van der Waals surface area contributed by atoms with E-state index >= 15 is 0 Å². The molecule has 1 amide bonds. The number of rotatable bonds is 38. The fraction of sp³-hybridized carbons (Fsp3) is 0.938. The molecule has 12 unspecified atom stereocenters. The van der Waals surface area contributed by atoms with Gasteiger partial charge in [-0.1, -0.05) is 180 Å². The van der Waals surface area contributed by atoms with E-state index in [2.05, 4.69) is 19.2 Å². The normalized spacial score (nSPS) is 27.8. The minimum atomic E-state index is -1.78. The highest BCUT2D eigenvalue weighted by Crippen LogP contribution is 2.30. The second-order valence-corrected chi connectivity index (χ2v) is 18.0. The Labute approximate surface area is 374 Å². The number of aliphatic hydroxyl groups is 8. The van der Waals surface area contributed by atoms with Crippen LogP contribution in [0, 0.1) is 0 Å². The van der Waals surface area contributed by atoms with Crippen LogP contribution in [0.15, 0.2) is 12.2 Å². The van der Waals surface area contributed by atoms with Gasteiger partial charge in [-0.3, -0.25) is 4.79 Å². The number of hydrogen-bond acceptors (Lipinski definition) is 13. The van der Waals surface area contributed by atoms with Gasteiger partial charge >= 0.3 is 0 Å². The molecule has 12 atom stereocenters. The number of hydrogen-bond donors (Lipinski definition) is 9. The Morgan fingerprint density at radius 2 is 1.00 bits per heavy atom. The van der Waals surface area contributed by atoms with Crippen molar-refractivity contribution in [1.82, 2.24) is 5.32 Å². The van der Waals surface area contributed by atoms with Crippen molar-refractivity contribution in [2.24, 2.45) is 0 Å². The van der Waals surface area contributed by atoms with E-state index in [9.17, 15) is 45.6 Å². The molecule has 14 heteroatoms. The van der Waals surface area contributed by atoms with Crippen LogP contribution in [0.4, 0.5) is 0 Å². The first-order chi connectivity index (χ1) is 30.1. The van der Waals surface area contributed by atoms with Gasteiger partial charge in [0.05, 0.1) is 32.0 Å². The first kappa shape index (κ1) is 56.9. The molecule has 2 saturated heterocycles. The summed E-state index contributed by atoms with van der Waals surface area (Å²) in [5.41, 5.74) is 0. The number of aliphatic hydroxyl groups excluding tert-OH is 8. The Bertz CT molecular complexity index is 1100. The number of ether oxygens (including phenoxy) is 4. The van der Waals surface area contributed by atoms with E-state index in [1.54, 1.807) is 6.08 Å². The highest BCUT2D eigenvalue weighted by molar-refractivity contribution is 5.76. The van der Waals surface area contributed by atoms with Gasteiger partial charge in [0.15, 0.2) is 12.6 Å². The minimum Gasteiger partial charge on any atom is -0.394 e. The largest absolute Gasteiger partial charge is 0.394 e. The van der Waals surface area contributed by atoms with Crippen molar-refractivity contribution in [3.63, 3.8) is 0 Å². The summed E-state index contributed by atoms with van der Waals surface area (Å²) >= 11 is 0. The van der Waals surface area contributed by atoms with Crippen molar-refractivity contribution in [3.8, 4) is 0 Å². The molecule has 2 rings (SSSR count). The molecule has 2 heterocycles. The molecular formula is C48H91NO13. The molecule has 2 fully saturated rings. The van der Waals surface area contributed by atoms with Gasteiger partial charge in [-0.15, -0.1) is 0 Å². The Morgan fingerprint density at radius 1 is 0.565 bits per heavy atom. The zero-order valence-electron chi connectivity index (χ0n) is 38.6. The maximum absolute atomic E-state index is 13.1. The van der Waals surface area contributed by atoms with Gasteiger partial charge in [0.25, 0.3) is 0 Å². The molecule has 2 aliphatic rings. The highest BCUT2D eigenvalue weighted by atomic mass is 16.7. The lowest BCUT2D eigenvalue weighted by atomic mass is 9.97. The average molecular weight is 890 g/mol. The predicted octanol–water partition coefficient (Wildman–Crippen LogP) is 5.99. The maximum atomic E-state index is 13.1. The van der Waals surface area contributed by atoms with Crippen LogP contribution in [0.25, 0.3) is 0 Å². The number of unbranched alkanes of at least 4 members (excludes halogenated alkanes) is 25. The maximum Gasteiger partial charge on any atom is 0.220 e. The standard InChI is InChI=1S/C48H91NO13/c1-3-5-7-9-11-12-13-14-15-16-17-18-19-20-21-22-23-24-26-28-30-32-40(53)49-36(37(52)31-29-27-25-10-8-6-4-2)35-59-47-45(58)43(56)46(39(34-51)61-47)62-48-44(57)42(55)41(54)38(33-50)60-48/h29,31,36-39,41-48,50-52,54-58H,3-28,30,32-35H2,1-2H3,(H,49,53)/b31-29+. The molecule has 9 N–H and O–H groups in total. The first-order valence-corrected chi connectivity index (χ1v) is 24.9. The first-order valence-electron chi connectivity index (χ1n) is 24.9. The zero-order chi connectivity index (χ0) is 45.4. The van der Waals surface area contributed by atoms with Gasteiger partial charge in [-0.2, -0.15) is 0 Å². The molecule has 0 spiro atoms. The quantitative estimate of drug-likeness (QED) is 0.0257. The van der Waals surface area contributed by atoms with E-state index in [-0.39, 0.29) is 18.9 Å². The second kappa shape index (κ2) is 35.9. The van der Waals surface area contributed by atoms with Crippen molar-refractivity contribution in [2.45, 2.75) is 267 Å². The minimum absolute atomic E-state index is 0.241. The molecule has 0 aromatic carbocycles. The number of allylic oxidation sites excluding steroid dienone is 1. The molecule has 62 heavy (non-hydrogen) atoms. The van der Waals surface area contributed by atoms with Crippen LogP contribution in [0.2, 0.25) is 0 Å². The molecule has 0 aromatic heterocycles. The lowest BCUT2D eigenvalue weighted by molar-refractivity contribution is -0.359. The van der Waals surface area contributed by atoms with Gasteiger partial charge in [-0.05, 0) is 19.3 Å². The Hall–Kier alpha value is -1.27. The molecule has 0 radical (unpaired) electrons. The van der Waals surface area contributed by atoms with Gasteiger partial charge in [0.2, 0.25) is 5.91 Å². The molecular weight excluding hydrogens is 799 g/mol. The van der Waals surface area contributed by atoms with E-state index in [4.69, 9.17) is 18.9 Å². The summed E-state index contributed by atoms with van der Waals surface area (Å²) < 4.78 is 22.6. The third-order valence-corrected chi connectivity index (χ3v) is 12.5. The zero-order valence-corrected chi connectivity index (χ0v) is 38.6. The lowest BCUT2D eigenvalue weighted by Gasteiger charge is -2.46. The smallest absolute Gasteiger partial charge is 0.220 e. The second-order valence-electron chi connectivity index (χ2n) is 18.0. The topological polar surface area (TPSA) is 228 Å². The molecule has 14 nitrogen and oxygen atoms in total. The van der Waals surface area contributed by atoms with E-state index in [0.717, 1.165) is 51.4 Å². The monoisotopic (exact) mass is 890 g/mol. The number of carbonyl (C=O) groups excluding carboxylic acids is 1. The van der Waals surface area contributed by atoms with E-state index in [0.29, 0.717) is 6.42 Å². The Morgan fingerprint density at radius 3 is 1.48 bits per heavy atom. The van der Waals surface area contributed by atoms with Crippen molar-refractivity contribution >= 4 is 5.91 Å². The SMILES string of the molecule is CCCCCCC/C=C/C(O)C(COC1OC(CO)C(OC2OC(CO)C(O)C(O)C2O)C(O)C1O)NC(=O)CCCCCCCCCCCCCCCCCCCCCCC. The number of amides is 1. The fourth-order valence-corrected chi connectivity index (χ4v) is 8.35. The molecule has 0 bridgehead atoms. The fourth-order valence-electron chi connectivity index (χ4n) is 8.35. The van der Waals surface area contributed by atoms with Crippen LogP contribution in [0.3, 0.4) is 0 Å². The van der Waals surface area contributed by atoms with Crippen LogP contribution in [0.1, 0.15) is 194 Å². The third kappa shape index (κ3) is 23.3. The molecule has 366 valence electrons. The van der Waals surface area contributed by atoms with E-state index in [1.807, 2.05) is 6.08 Å². The van der Waals surface area contributed by atoms with Crippen LogP contribution in [0.5, 0.6) is 0 Å². The predicted molar refractivity (Wildman–Crippen MR) is 240 cm³/mol. The summed E-state index contributed by atoms with van der Waals surface area (Å²) in [6.07, 6.45) is 20.1. The average Bonchev–Trinajstić information content (AvgIpc) is 3.27. The molecule has 0 aliphatic carbocycles. The Kier molecular flexibility index (Phi) is 32.9. The van der Waals surface area contributed by atoms with Gasteiger partial charge in [0, 0.05) is 6.42 Å². The molecule has 2 aliphatic heterocycles. The van der Waals surface area contributed by atoms with E-state index < -0.39 is 86.8 Å². The summed E-state index contributed by atoms with van der Waals surface area (Å²) in [4.78, 5) is 13.1. The van der Waals surface area contributed by atoms with Crippen LogP contribution in [-0.2, 0) is 23.7 Å². The van der Waals surface area contributed by atoms with Crippen molar-refractivity contribution in [3.05, 3.63) is 12.2 Å². The lowest BCUT2D eigenvalue weighted by Crippen LogP contribution is -2.65. The number of nitrogens with one attached hydrogen (secondary N) is 1. The Balaban J connectivity index is 1.74. The highest BCUT2D eigenvalue weighted by Gasteiger charge is 2.51. The van der Waals surface area contributed by atoms with Gasteiger partial charge in [-0.25, -0.2) is 0 Å². The van der Waals surface area contributed by atoms with Gasteiger partial charge in [0.1, 0.15) is 48.8 Å². The van der Waals surface area contributed by atoms with Crippen LogP contribution >= 0.6 is 0 Å². The summed E-state index contributed by atoms with van der Waals surface area (Å²) in [5, 5.41) is 86.3. The van der Waals surface area contributed by atoms with Crippen LogP contribution < -0.4 is 5.32 Å². The summed E-state index contributed by atoms with van der Waals surface area (Å²) in [7, 11) is 0. The summed E-state index contributed by atoms with van der Waals surface area (Å²) in [6.45, 7) is 2.72. The van der Waals surface area contributed by atoms with Crippen molar-refractivity contribution in [2.75, 3.05) is 19.8 Å². The van der Waals surface area contributed by atoms with Crippen molar-refractivity contribution in [1.29, 1.82) is 0 Å². The van der Waals surface area contributed by atoms with E-state index in [1.165, 1.54) is 116 Å². The third-order valence-electron chi connectivity index (χ3n) is 12.5. The van der Waals surface area contributed by atoms with Crippen LogP contribution in [-0.4, -0.2) is 140 Å². The molecule has 0 saturated carbocycles. The number of carbonyl (C=O) groups is 1. The summed E-state index contributed by atoms with van der Waals surface area (Å²) in [6, 6.07) is -0.905. The van der Waals surface area contributed by atoms with Gasteiger partial charge < -0.3 is 65.1 Å². The summed E-state index contributed by atoms with van der Waals surface area (Å²) in [5.74, 6) is -0.241. The molecule has 0 aromatic rings.